The van der Waals surface area contributed by atoms with Gasteiger partial charge < -0.3 is 4.98 Å². The minimum atomic E-state index is -3.48. The molecule has 0 aromatic carbocycles. The summed E-state index contributed by atoms with van der Waals surface area (Å²) in [5.74, 6) is 0. The van der Waals surface area contributed by atoms with Crippen LogP contribution in [0.15, 0.2) is 28.0 Å². The van der Waals surface area contributed by atoms with Crippen LogP contribution >= 0.6 is 0 Å². The van der Waals surface area contributed by atoms with E-state index in [9.17, 15) is 13.2 Å². The van der Waals surface area contributed by atoms with Gasteiger partial charge in [0.1, 0.15) is 0 Å². The largest absolute Gasteiger partial charge is 0.328 e. The molecule has 16 heavy (non-hydrogen) atoms. The van der Waals surface area contributed by atoms with E-state index in [1.165, 1.54) is 18.3 Å². The fraction of sp³-hybridized carbons (Fsp3) is 0.500. The number of pyridine rings is 1. The van der Waals surface area contributed by atoms with E-state index in [2.05, 4.69) is 16.6 Å². The predicted molar refractivity (Wildman–Crippen MR) is 61.8 cm³/mol. The second-order valence-corrected chi connectivity index (χ2v) is 5.26. The van der Waals surface area contributed by atoms with Crippen LogP contribution < -0.4 is 10.3 Å². The molecular weight excluding hydrogens is 228 g/mol. The highest BCUT2D eigenvalue weighted by Gasteiger charge is 2.12. The van der Waals surface area contributed by atoms with Gasteiger partial charge in [-0.2, -0.15) is 0 Å². The maximum absolute atomic E-state index is 11.7. The molecule has 0 unspecified atom stereocenters. The van der Waals surface area contributed by atoms with Crippen LogP contribution in [-0.4, -0.2) is 19.9 Å². The molecule has 90 valence electrons. The molecular formula is C10H16N2O3S. The zero-order chi connectivity index (χ0) is 12.0. The molecule has 1 rings (SSSR count). The van der Waals surface area contributed by atoms with Gasteiger partial charge in [0.15, 0.2) is 0 Å². The molecule has 5 nitrogen and oxygen atoms in total. The lowest BCUT2D eigenvalue weighted by molar-refractivity contribution is 0.575. The smallest absolute Gasteiger partial charge is 0.247 e. The molecule has 0 atom stereocenters. The van der Waals surface area contributed by atoms with Gasteiger partial charge in [-0.1, -0.05) is 19.8 Å². The lowest BCUT2D eigenvalue weighted by Crippen LogP contribution is -2.25. The van der Waals surface area contributed by atoms with Gasteiger partial charge in [-0.05, 0) is 12.5 Å². The molecule has 0 bridgehead atoms. The van der Waals surface area contributed by atoms with E-state index in [0.29, 0.717) is 6.54 Å². The van der Waals surface area contributed by atoms with Crippen molar-refractivity contribution in [2.75, 3.05) is 6.54 Å². The Morgan fingerprint density at radius 3 is 2.62 bits per heavy atom. The number of aromatic amines is 1. The van der Waals surface area contributed by atoms with Gasteiger partial charge in [-0.25, -0.2) is 13.1 Å². The van der Waals surface area contributed by atoms with Crippen molar-refractivity contribution in [2.24, 2.45) is 0 Å². The predicted octanol–water partition coefficient (Wildman–Crippen LogP) is 0.843. The molecule has 0 saturated carbocycles. The van der Waals surface area contributed by atoms with Crippen molar-refractivity contribution in [1.82, 2.24) is 9.71 Å². The zero-order valence-corrected chi connectivity index (χ0v) is 10.0. The average Bonchev–Trinajstić information content (AvgIpc) is 2.25. The van der Waals surface area contributed by atoms with Gasteiger partial charge in [0.25, 0.3) is 0 Å². The van der Waals surface area contributed by atoms with Crippen molar-refractivity contribution in [3.63, 3.8) is 0 Å². The maximum Gasteiger partial charge on any atom is 0.247 e. The second-order valence-electron chi connectivity index (χ2n) is 3.49. The molecule has 1 aromatic rings. The number of hydrogen-bond acceptors (Lipinski definition) is 3. The maximum atomic E-state index is 11.7. The molecule has 0 spiro atoms. The SMILES string of the molecule is CCCCCNS(=O)(=O)c1ccc(=O)[nH]c1. The van der Waals surface area contributed by atoms with E-state index >= 15 is 0 Å². The summed E-state index contributed by atoms with van der Waals surface area (Å²) in [5.41, 5.74) is -0.315. The highest BCUT2D eigenvalue weighted by Crippen LogP contribution is 2.04. The van der Waals surface area contributed by atoms with Gasteiger partial charge >= 0.3 is 0 Å². The summed E-state index contributed by atoms with van der Waals surface area (Å²) >= 11 is 0. The summed E-state index contributed by atoms with van der Waals surface area (Å²) in [5, 5.41) is 0. The Balaban J connectivity index is 2.63. The molecule has 1 aromatic heterocycles. The minimum Gasteiger partial charge on any atom is -0.328 e. The normalized spacial score (nSPS) is 11.6. The first kappa shape index (κ1) is 12.9. The van der Waals surface area contributed by atoms with Crippen LogP contribution in [0.1, 0.15) is 26.2 Å². The Bertz CT molecular complexity index is 459. The molecule has 0 saturated heterocycles. The second kappa shape index (κ2) is 5.81. The number of nitrogens with one attached hydrogen (secondary N) is 2. The average molecular weight is 244 g/mol. The molecule has 0 aliphatic rings. The highest BCUT2D eigenvalue weighted by molar-refractivity contribution is 7.89. The molecule has 0 amide bonds. The van der Waals surface area contributed by atoms with Gasteiger partial charge in [0.2, 0.25) is 15.6 Å². The van der Waals surface area contributed by atoms with Crippen LogP contribution in [0.2, 0.25) is 0 Å². The third-order valence-corrected chi connectivity index (χ3v) is 3.60. The van der Waals surface area contributed by atoms with Gasteiger partial charge in [0, 0.05) is 18.8 Å². The Morgan fingerprint density at radius 2 is 2.06 bits per heavy atom. The fourth-order valence-corrected chi connectivity index (χ4v) is 2.27. The number of rotatable bonds is 6. The van der Waals surface area contributed by atoms with E-state index in [0.717, 1.165) is 19.3 Å². The van der Waals surface area contributed by atoms with Crippen LogP contribution in [0.25, 0.3) is 0 Å². The third kappa shape index (κ3) is 3.79. The minimum absolute atomic E-state index is 0.0867. The number of sulfonamides is 1. The summed E-state index contributed by atoms with van der Waals surface area (Å²) in [4.78, 5) is 13.2. The first-order valence-electron chi connectivity index (χ1n) is 5.24. The van der Waals surface area contributed by atoms with Crippen LogP contribution in [0.3, 0.4) is 0 Å². The van der Waals surface area contributed by atoms with Gasteiger partial charge in [-0.3, -0.25) is 4.79 Å². The van der Waals surface area contributed by atoms with Crippen molar-refractivity contribution in [2.45, 2.75) is 31.1 Å². The summed E-state index contributed by atoms with van der Waals surface area (Å²) in [6, 6.07) is 2.49. The van der Waals surface area contributed by atoms with E-state index < -0.39 is 10.0 Å². The molecule has 0 fully saturated rings. The highest BCUT2D eigenvalue weighted by atomic mass is 32.2. The number of aromatic nitrogens is 1. The molecule has 2 N–H and O–H groups in total. The first-order valence-corrected chi connectivity index (χ1v) is 6.73. The third-order valence-electron chi connectivity index (χ3n) is 2.14. The van der Waals surface area contributed by atoms with Crippen molar-refractivity contribution < 1.29 is 8.42 Å². The summed E-state index contributed by atoms with van der Waals surface area (Å²) in [6.07, 6.45) is 4.05. The van der Waals surface area contributed by atoms with E-state index in [1.54, 1.807) is 0 Å². The molecule has 6 heteroatoms. The summed E-state index contributed by atoms with van der Waals surface area (Å²) < 4.78 is 25.8. The fourth-order valence-electron chi connectivity index (χ4n) is 1.23. The Kier molecular flexibility index (Phi) is 4.70. The van der Waals surface area contributed by atoms with Crippen molar-refractivity contribution in [3.05, 3.63) is 28.7 Å². The molecule has 0 aliphatic carbocycles. The van der Waals surface area contributed by atoms with Gasteiger partial charge in [-0.15, -0.1) is 0 Å². The number of unbranched alkanes of at least 4 members (excludes halogenated alkanes) is 2. The van der Waals surface area contributed by atoms with Gasteiger partial charge in [0.05, 0.1) is 4.90 Å². The Labute approximate surface area is 94.9 Å². The quantitative estimate of drug-likeness (QED) is 0.728. The standard InChI is InChI=1S/C10H16N2O3S/c1-2-3-4-7-12-16(14,15)9-5-6-10(13)11-8-9/h5-6,8,12H,2-4,7H2,1H3,(H,11,13). The molecule has 0 aliphatic heterocycles. The topological polar surface area (TPSA) is 79.0 Å². The monoisotopic (exact) mass is 244 g/mol. The van der Waals surface area contributed by atoms with Crippen LogP contribution in [0.4, 0.5) is 0 Å². The van der Waals surface area contributed by atoms with Crippen LogP contribution in [-0.2, 0) is 10.0 Å². The molecule has 1 heterocycles. The van der Waals surface area contributed by atoms with E-state index in [4.69, 9.17) is 0 Å². The first-order chi connectivity index (χ1) is 7.56. The van der Waals surface area contributed by atoms with Crippen molar-refractivity contribution >= 4 is 10.0 Å². The van der Waals surface area contributed by atoms with Crippen LogP contribution in [0.5, 0.6) is 0 Å². The number of hydrogen-bond donors (Lipinski definition) is 2. The Morgan fingerprint density at radius 1 is 1.31 bits per heavy atom. The van der Waals surface area contributed by atoms with E-state index in [1.807, 2.05) is 0 Å². The lowest BCUT2D eigenvalue weighted by atomic mass is 10.3. The van der Waals surface area contributed by atoms with Crippen molar-refractivity contribution in [3.8, 4) is 0 Å². The Hall–Kier alpha value is -1.14. The van der Waals surface area contributed by atoms with E-state index in [-0.39, 0.29) is 10.5 Å². The lowest BCUT2D eigenvalue weighted by Gasteiger charge is -2.05. The van der Waals surface area contributed by atoms with Crippen LogP contribution in [0, 0.1) is 0 Å². The zero-order valence-electron chi connectivity index (χ0n) is 9.19. The summed E-state index contributed by atoms with van der Waals surface area (Å²) in [7, 11) is -3.48. The van der Waals surface area contributed by atoms with Crippen molar-refractivity contribution in [1.29, 1.82) is 0 Å². The number of H-pyrrole nitrogens is 1. The molecule has 0 radical (unpaired) electrons. The summed E-state index contributed by atoms with van der Waals surface area (Å²) in [6.45, 7) is 2.48.